The molecule has 0 bridgehead atoms. The number of nitrogens with zero attached hydrogens (tertiary/aromatic N) is 1. The summed E-state index contributed by atoms with van der Waals surface area (Å²) in [5.41, 5.74) is 5.49. The summed E-state index contributed by atoms with van der Waals surface area (Å²) in [7, 11) is 0. The van der Waals surface area contributed by atoms with Crippen LogP contribution in [0.3, 0.4) is 0 Å². The number of aromatic nitrogens is 1. The number of halogens is 1. The van der Waals surface area contributed by atoms with Gasteiger partial charge in [-0.05, 0) is 12.1 Å². The minimum absolute atomic E-state index is 0.384. The molecule has 78 valence electrons. The van der Waals surface area contributed by atoms with Crippen LogP contribution in [0.1, 0.15) is 4.88 Å². The van der Waals surface area contributed by atoms with E-state index in [2.05, 4.69) is 4.98 Å². The number of hydrogen-bond donors (Lipinski definition) is 1. The van der Waals surface area contributed by atoms with Crippen molar-refractivity contribution in [2.75, 3.05) is 0 Å². The average Bonchev–Trinajstić information content (AvgIpc) is 2.60. The molecule has 1 aromatic carbocycles. The monoisotopic (exact) mass is 240 g/mol. The van der Waals surface area contributed by atoms with Gasteiger partial charge in [-0.15, -0.1) is 0 Å². The van der Waals surface area contributed by atoms with E-state index in [0.717, 1.165) is 10.6 Å². The zero-order valence-corrected chi connectivity index (χ0v) is 9.39. The second-order valence-corrected chi connectivity index (χ2v) is 4.22. The summed E-state index contributed by atoms with van der Waals surface area (Å²) in [6.07, 6.45) is 0. The summed E-state index contributed by atoms with van der Waals surface area (Å²) < 4.78 is 5.51. The predicted molar refractivity (Wildman–Crippen MR) is 61.5 cm³/mol. The first-order valence-electron chi connectivity index (χ1n) is 4.38. The molecule has 3 nitrogen and oxygen atoms in total. The van der Waals surface area contributed by atoms with Crippen molar-refractivity contribution < 1.29 is 4.74 Å². The summed E-state index contributed by atoms with van der Waals surface area (Å²) >= 11 is 7.21. The molecule has 5 heteroatoms. The van der Waals surface area contributed by atoms with Gasteiger partial charge < -0.3 is 10.5 Å². The molecule has 1 heterocycles. The van der Waals surface area contributed by atoms with Gasteiger partial charge >= 0.3 is 0 Å². The van der Waals surface area contributed by atoms with Crippen molar-refractivity contribution in [3.05, 3.63) is 40.4 Å². The van der Waals surface area contributed by atoms with Gasteiger partial charge in [-0.25, -0.2) is 0 Å². The fourth-order valence-corrected chi connectivity index (χ4v) is 2.09. The Hall–Kier alpha value is -1.10. The molecule has 2 N–H and O–H groups in total. The van der Waals surface area contributed by atoms with Crippen molar-refractivity contribution >= 4 is 22.9 Å². The van der Waals surface area contributed by atoms with Gasteiger partial charge in [-0.2, -0.15) is 4.98 Å². The molecule has 2 aromatic rings. The van der Waals surface area contributed by atoms with Gasteiger partial charge in [0.25, 0.3) is 5.19 Å². The summed E-state index contributed by atoms with van der Waals surface area (Å²) in [4.78, 5) is 4.89. The quantitative estimate of drug-likeness (QED) is 0.897. The van der Waals surface area contributed by atoms with Crippen LogP contribution >= 0.6 is 22.9 Å². The van der Waals surface area contributed by atoms with Crippen LogP contribution in [0.5, 0.6) is 10.9 Å². The highest BCUT2D eigenvalue weighted by atomic mass is 35.5. The molecule has 0 radical (unpaired) electrons. The third-order valence-electron chi connectivity index (χ3n) is 1.76. The zero-order chi connectivity index (χ0) is 10.7. The van der Waals surface area contributed by atoms with E-state index >= 15 is 0 Å². The maximum Gasteiger partial charge on any atom is 0.280 e. The molecule has 15 heavy (non-hydrogen) atoms. The fourth-order valence-electron chi connectivity index (χ4n) is 1.07. The Bertz CT molecular complexity index is 444. The van der Waals surface area contributed by atoms with Crippen LogP contribution in [0.15, 0.2) is 30.3 Å². The lowest BCUT2D eigenvalue weighted by Gasteiger charge is -1.98. The number of hydrogen-bond acceptors (Lipinski definition) is 4. The van der Waals surface area contributed by atoms with E-state index in [0.29, 0.717) is 16.9 Å². The van der Waals surface area contributed by atoms with Crippen molar-refractivity contribution in [3.8, 4) is 10.9 Å². The Morgan fingerprint density at radius 2 is 2.07 bits per heavy atom. The molecule has 0 amide bonds. The van der Waals surface area contributed by atoms with Crippen LogP contribution in [-0.4, -0.2) is 4.98 Å². The molecule has 0 fully saturated rings. The van der Waals surface area contributed by atoms with Gasteiger partial charge in [0.05, 0.1) is 4.88 Å². The Balaban J connectivity index is 2.18. The van der Waals surface area contributed by atoms with E-state index in [1.54, 1.807) is 0 Å². The van der Waals surface area contributed by atoms with Gasteiger partial charge in [-0.1, -0.05) is 41.1 Å². The van der Waals surface area contributed by atoms with E-state index in [9.17, 15) is 0 Å². The van der Waals surface area contributed by atoms with E-state index in [-0.39, 0.29) is 0 Å². The predicted octanol–water partition coefficient (Wildman–Crippen LogP) is 3.05. The third-order valence-corrected chi connectivity index (χ3v) is 3.14. The molecule has 0 atom stereocenters. The van der Waals surface area contributed by atoms with Crippen LogP contribution in [0.2, 0.25) is 5.15 Å². The number of para-hydroxylation sites is 1. The van der Waals surface area contributed by atoms with Crippen LogP contribution in [0.4, 0.5) is 0 Å². The number of benzene rings is 1. The van der Waals surface area contributed by atoms with E-state index in [4.69, 9.17) is 22.1 Å². The zero-order valence-electron chi connectivity index (χ0n) is 7.81. The topological polar surface area (TPSA) is 48.1 Å². The molecule has 0 saturated carbocycles. The molecular formula is C10H9ClN2OS. The van der Waals surface area contributed by atoms with Crippen molar-refractivity contribution in [3.63, 3.8) is 0 Å². The molecule has 2 rings (SSSR count). The summed E-state index contributed by atoms with van der Waals surface area (Å²) in [6.45, 7) is 0.384. The molecule has 0 saturated heterocycles. The van der Waals surface area contributed by atoms with Gasteiger partial charge in [0.1, 0.15) is 10.9 Å². The Morgan fingerprint density at radius 3 is 2.67 bits per heavy atom. The SMILES string of the molecule is NCc1sc(Oc2ccccc2)nc1Cl. The molecule has 0 unspecified atom stereocenters. The van der Waals surface area contributed by atoms with E-state index in [1.165, 1.54) is 11.3 Å². The number of ether oxygens (including phenoxy) is 1. The summed E-state index contributed by atoms with van der Waals surface area (Å²) in [5, 5.41) is 0.945. The lowest BCUT2D eigenvalue weighted by Crippen LogP contribution is -1.92. The highest BCUT2D eigenvalue weighted by molar-refractivity contribution is 7.14. The lowest BCUT2D eigenvalue weighted by molar-refractivity contribution is 0.479. The standard InChI is InChI=1S/C10H9ClN2OS/c11-9-8(6-12)15-10(13-9)14-7-4-2-1-3-5-7/h1-5H,6,12H2. The Morgan fingerprint density at radius 1 is 1.33 bits per heavy atom. The van der Waals surface area contributed by atoms with Crippen LogP contribution in [0, 0.1) is 0 Å². The van der Waals surface area contributed by atoms with Gasteiger partial charge in [-0.3, -0.25) is 0 Å². The van der Waals surface area contributed by atoms with Gasteiger partial charge in [0, 0.05) is 6.54 Å². The second kappa shape index (κ2) is 4.61. The smallest absolute Gasteiger partial charge is 0.280 e. The normalized spacial score (nSPS) is 10.3. The second-order valence-electron chi connectivity index (χ2n) is 2.81. The van der Waals surface area contributed by atoms with E-state index < -0.39 is 0 Å². The van der Waals surface area contributed by atoms with E-state index in [1.807, 2.05) is 30.3 Å². The molecule has 0 aliphatic rings. The van der Waals surface area contributed by atoms with Crippen molar-refractivity contribution in [2.45, 2.75) is 6.54 Å². The van der Waals surface area contributed by atoms with Crippen LogP contribution in [-0.2, 0) is 6.54 Å². The number of nitrogens with two attached hydrogens (primary N) is 1. The molecular weight excluding hydrogens is 232 g/mol. The Labute approximate surface area is 96.5 Å². The maximum absolute atomic E-state index is 5.85. The number of thiazole rings is 1. The largest absolute Gasteiger partial charge is 0.431 e. The van der Waals surface area contributed by atoms with Crippen molar-refractivity contribution in [1.29, 1.82) is 0 Å². The van der Waals surface area contributed by atoms with Gasteiger partial charge in [0.15, 0.2) is 0 Å². The first-order valence-corrected chi connectivity index (χ1v) is 5.57. The molecule has 0 aliphatic heterocycles. The lowest BCUT2D eigenvalue weighted by atomic mass is 10.3. The maximum atomic E-state index is 5.85. The average molecular weight is 241 g/mol. The summed E-state index contributed by atoms with van der Waals surface area (Å²) in [6, 6.07) is 9.44. The van der Waals surface area contributed by atoms with Crippen molar-refractivity contribution in [2.24, 2.45) is 5.73 Å². The molecule has 1 aromatic heterocycles. The Kier molecular flexibility index (Phi) is 3.20. The first-order chi connectivity index (χ1) is 7.29. The minimum Gasteiger partial charge on any atom is -0.431 e. The highest BCUT2D eigenvalue weighted by Crippen LogP contribution is 2.31. The third kappa shape index (κ3) is 2.47. The van der Waals surface area contributed by atoms with Crippen LogP contribution < -0.4 is 10.5 Å². The summed E-state index contributed by atoms with van der Waals surface area (Å²) in [5.74, 6) is 0.742. The molecule has 0 aliphatic carbocycles. The fraction of sp³-hybridized carbons (Fsp3) is 0.100. The first kappa shape index (κ1) is 10.4. The minimum atomic E-state index is 0.384. The molecule has 0 spiro atoms. The van der Waals surface area contributed by atoms with Gasteiger partial charge in [0.2, 0.25) is 0 Å². The van der Waals surface area contributed by atoms with Crippen molar-refractivity contribution in [1.82, 2.24) is 4.98 Å². The van der Waals surface area contributed by atoms with Crippen LogP contribution in [0.25, 0.3) is 0 Å². The highest BCUT2D eigenvalue weighted by Gasteiger charge is 2.09. The number of rotatable bonds is 3.